The first kappa shape index (κ1) is 35.8. The molecule has 5 aliphatic rings. The minimum atomic E-state index is -3.51. The van der Waals surface area contributed by atoms with Crippen molar-refractivity contribution in [3.8, 4) is 5.75 Å². The van der Waals surface area contributed by atoms with E-state index in [2.05, 4.69) is 38.3 Å². The minimum absolute atomic E-state index is 0.0266. The van der Waals surface area contributed by atoms with Crippen LogP contribution in [0.3, 0.4) is 0 Å². The Morgan fingerprint density at radius 2 is 2.04 bits per heavy atom. The molecule has 1 spiro atoms. The van der Waals surface area contributed by atoms with Gasteiger partial charge < -0.3 is 19.1 Å². The first-order valence-corrected chi connectivity index (χ1v) is 21.3. The van der Waals surface area contributed by atoms with Gasteiger partial charge in [0, 0.05) is 47.5 Å². The molecule has 3 aliphatic heterocycles. The second kappa shape index (κ2) is 14.5. The minimum Gasteiger partial charge on any atom is -0.490 e. The number of aryl methyl sites for hydroxylation is 1. The number of nitrogens with zero attached hydrogens (tertiary/aromatic N) is 2. The van der Waals surface area contributed by atoms with E-state index in [1.807, 2.05) is 25.1 Å². The number of rotatable bonds is 3. The summed E-state index contributed by atoms with van der Waals surface area (Å²) in [5, 5.41) is 0.743. The standard InChI is InChI=1S/C40H46ClN3O6S2/c1-25-5-3-7-34(48-2)31-11-8-28(31)20-44-23-40(15-4-6-26-17-30(41)10-12-32(26)40)24-50-35-13-9-27(18-33(35)44)38(45)42-52(47,22-25)43-39(46)37-19-29-21-49-16-14-36(29)51-37/h3,7,9-10,12-13,17-19,25,28,31,34H,4-6,8,11,14-16,20-24H2,1-2H3,(H,42,43,45,46,47)/b7-3-/t25-,28-,31+,34-,40-,52?/m0/s1. The van der Waals surface area contributed by atoms with Gasteiger partial charge >= 0.3 is 0 Å². The maximum absolute atomic E-state index is 14.6. The van der Waals surface area contributed by atoms with Crippen LogP contribution in [0, 0.1) is 17.8 Å². The highest BCUT2D eigenvalue weighted by atomic mass is 35.5. The van der Waals surface area contributed by atoms with E-state index >= 15 is 0 Å². The molecule has 2 bridgehead atoms. The summed E-state index contributed by atoms with van der Waals surface area (Å²) >= 11 is 7.85. The van der Waals surface area contributed by atoms with E-state index in [1.54, 1.807) is 19.2 Å². The van der Waals surface area contributed by atoms with Gasteiger partial charge in [-0.05, 0) is 109 Å². The van der Waals surface area contributed by atoms with Crippen molar-refractivity contribution in [1.29, 1.82) is 0 Å². The molecule has 2 amide bonds. The molecule has 1 N–H and O–H groups in total. The molecule has 3 aromatic rings. The van der Waals surface area contributed by atoms with E-state index in [9.17, 15) is 13.8 Å². The fourth-order valence-electron chi connectivity index (χ4n) is 8.82. The Kier molecular flexibility index (Phi) is 10.0. The molecule has 4 heterocycles. The maximum Gasteiger partial charge on any atom is 0.286 e. The summed E-state index contributed by atoms with van der Waals surface area (Å²) in [4.78, 5) is 31.6. The molecular weight excluding hydrogens is 718 g/mol. The number of amides is 2. The number of carbonyl (C=O) groups excluding carboxylic acids is 2. The number of ether oxygens (including phenoxy) is 3. The van der Waals surface area contributed by atoms with Gasteiger partial charge in [0.25, 0.3) is 11.8 Å². The second-order valence-electron chi connectivity index (χ2n) is 15.3. The quantitative estimate of drug-likeness (QED) is 0.275. The van der Waals surface area contributed by atoms with E-state index < -0.39 is 21.7 Å². The first-order valence-electron chi connectivity index (χ1n) is 18.4. The Morgan fingerprint density at radius 3 is 2.85 bits per heavy atom. The lowest BCUT2D eigenvalue weighted by molar-refractivity contribution is 0.0131. The molecule has 8 rings (SSSR count). The molecule has 12 heteroatoms. The molecule has 2 aromatic carbocycles. The van der Waals surface area contributed by atoms with E-state index in [-0.39, 0.29) is 23.2 Å². The zero-order chi connectivity index (χ0) is 36.0. The molecule has 1 fully saturated rings. The number of carbonyl (C=O) groups is 2. The number of thiophene rings is 1. The smallest absolute Gasteiger partial charge is 0.286 e. The van der Waals surface area contributed by atoms with Crippen molar-refractivity contribution >= 4 is 50.4 Å². The van der Waals surface area contributed by atoms with E-state index in [4.69, 9.17) is 25.8 Å². The van der Waals surface area contributed by atoms with Crippen LogP contribution in [0.2, 0.25) is 5.02 Å². The fourth-order valence-corrected chi connectivity index (χ4v) is 12.0. The van der Waals surface area contributed by atoms with Crippen molar-refractivity contribution in [2.75, 3.05) is 44.1 Å². The van der Waals surface area contributed by atoms with E-state index in [0.29, 0.717) is 54.3 Å². The fraction of sp³-hybridized carbons (Fsp3) is 0.500. The third-order valence-electron chi connectivity index (χ3n) is 11.6. The van der Waals surface area contributed by atoms with Crippen molar-refractivity contribution in [3.05, 3.63) is 91.6 Å². The largest absolute Gasteiger partial charge is 0.490 e. The number of hydrogen-bond acceptors (Lipinski definition) is 8. The molecule has 0 saturated heterocycles. The van der Waals surface area contributed by atoms with Crippen LogP contribution >= 0.6 is 22.9 Å². The Balaban J connectivity index is 1.18. The van der Waals surface area contributed by atoms with Crippen LogP contribution in [0.1, 0.15) is 80.6 Å². The highest BCUT2D eigenvalue weighted by Gasteiger charge is 2.44. The Bertz CT molecular complexity index is 2010. The third kappa shape index (κ3) is 7.07. The number of methoxy groups -OCH3 is 1. The zero-order valence-electron chi connectivity index (χ0n) is 29.7. The molecule has 276 valence electrons. The van der Waals surface area contributed by atoms with Crippen molar-refractivity contribution in [2.45, 2.75) is 70.0 Å². The van der Waals surface area contributed by atoms with Crippen LogP contribution in [0.4, 0.5) is 5.69 Å². The summed E-state index contributed by atoms with van der Waals surface area (Å²) in [5.74, 6) is 0.226. The number of benzene rings is 2. The van der Waals surface area contributed by atoms with Crippen LogP contribution < -0.4 is 14.4 Å². The molecule has 2 aliphatic carbocycles. The first-order chi connectivity index (χ1) is 25.1. The summed E-state index contributed by atoms with van der Waals surface area (Å²) in [6, 6.07) is 13.4. The van der Waals surface area contributed by atoms with E-state index in [1.165, 1.54) is 22.5 Å². The molecule has 9 nitrogen and oxygen atoms in total. The van der Waals surface area contributed by atoms with Crippen molar-refractivity contribution in [3.63, 3.8) is 0 Å². The molecule has 1 aromatic heterocycles. The number of hydrogen-bond donors (Lipinski definition) is 1. The summed E-state index contributed by atoms with van der Waals surface area (Å²) in [7, 11) is -1.74. The van der Waals surface area contributed by atoms with Gasteiger partial charge in [-0.15, -0.1) is 15.7 Å². The van der Waals surface area contributed by atoms with Crippen molar-refractivity contribution in [2.24, 2.45) is 22.1 Å². The van der Waals surface area contributed by atoms with Gasteiger partial charge in [0.15, 0.2) is 0 Å². The van der Waals surface area contributed by atoms with Gasteiger partial charge in [-0.25, -0.2) is 4.21 Å². The van der Waals surface area contributed by atoms with Crippen LogP contribution in [-0.4, -0.2) is 61.3 Å². The van der Waals surface area contributed by atoms with Gasteiger partial charge in [-0.2, -0.15) is 0 Å². The number of anilines is 1. The Morgan fingerprint density at radius 1 is 1.15 bits per heavy atom. The van der Waals surface area contributed by atoms with Crippen LogP contribution in [0.15, 0.2) is 59.0 Å². The van der Waals surface area contributed by atoms with Crippen LogP contribution in [0.25, 0.3) is 0 Å². The Hall–Kier alpha value is -3.22. The number of fused-ring (bicyclic) bond motifs is 5. The van der Waals surface area contributed by atoms with Crippen LogP contribution in [-0.2, 0) is 44.3 Å². The highest BCUT2D eigenvalue weighted by molar-refractivity contribution is 7.92. The molecule has 52 heavy (non-hydrogen) atoms. The second-order valence-corrected chi connectivity index (χ2v) is 18.8. The summed E-state index contributed by atoms with van der Waals surface area (Å²) < 4.78 is 40.0. The van der Waals surface area contributed by atoms with Gasteiger partial charge in [0.05, 0.1) is 42.2 Å². The zero-order valence-corrected chi connectivity index (χ0v) is 32.1. The topological polar surface area (TPSA) is 107 Å². The number of allylic oxidation sites excluding steroid dienone is 1. The predicted molar refractivity (Wildman–Crippen MR) is 205 cm³/mol. The third-order valence-corrected chi connectivity index (χ3v) is 15.1. The van der Waals surface area contributed by atoms with Gasteiger partial charge in [0.2, 0.25) is 0 Å². The highest BCUT2D eigenvalue weighted by Crippen LogP contribution is 2.47. The molecular formula is C40H46ClN3O6S2. The molecule has 6 atom stereocenters. The summed E-state index contributed by atoms with van der Waals surface area (Å²) in [6.07, 6.45) is 10.7. The summed E-state index contributed by atoms with van der Waals surface area (Å²) in [6.45, 7) is 5.05. The SMILES string of the molecule is CO[C@H]1/C=C\C[C@H](C)CS(=O)(NC(=O)c2cc3c(s2)CCOC3)=NC(=O)c2ccc3c(c2)N(C[C@@H]2CC[C@H]21)C[C@@]1(CCCc2cc(Cl)ccc21)CO3. The average Bonchev–Trinajstić information content (AvgIpc) is 3.49. The predicted octanol–water partition coefficient (Wildman–Crippen LogP) is 7.54. The molecule has 1 unspecified atom stereocenters. The van der Waals surface area contributed by atoms with Gasteiger partial charge in [-0.1, -0.05) is 36.7 Å². The van der Waals surface area contributed by atoms with Crippen molar-refractivity contribution < 1.29 is 28.0 Å². The number of nitrogens with one attached hydrogen (secondary N) is 1. The van der Waals surface area contributed by atoms with E-state index in [0.717, 1.165) is 72.8 Å². The van der Waals surface area contributed by atoms with Crippen LogP contribution in [0.5, 0.6) is 5.75 Å². The average molecular weight is 764 g/mol. The molecule has 1 saturated carbocycles. The lowest BCUT2D eigenvalue weighted by atomic mass is 9.68. The lowest BCUT2D eigenvalue weighted by Crippen LogP contribution is -2.49. The maximum atomic E-state index is 14.6. The Labute approximate surface area is 315 Å². The summed E-state index contributed by atoms with van der Waals surface area (Å²) in [5.41, 5.74) is 4.41. The lowest BCUT2D eigenvalue weighted by Gasteiger charge is -2.46. The normalized spacial score (nSPS) is 30.8. The monoisotopic (exact) mass is 763 g/mol. The molecule has 0 radical (unpaired) electrons. The van der Waals surface area contributed by atoms with Gasteiger partial charge in [0.1, 0.15) is 15.7 Å². The van der Waals surface area contributed by atoms with Crippen molar-refractivity contribution in [1.82, 2.24) is 4.72 Å². The van der Waals surface area contributed by atoms with Gasteiger partial charge in [-0.3, -0.25) is 14.3 Å². The number of halogens is 1.